The molecule has 0 aliphatic carbocycles. The van der Waals surface area contributed by atoms with Gasteiger partial charge in [-0.3, -0.25) is 14.5 Å². The average Bonchev–Trinajstić information content (AvgIpc) is 3.05. The van der Waals surface area contributed by atoms with Gasteiger partial charge in [-0.1, -0.05) is 6.42 Å². The molecule has 0 radical (unpaired) electrons. The first-order valence-corrected chi connectivity index (χ1v) is 9.57. The van der Waals surface area contributed by atoms with Gasteiger partial charge in [-0.05, 0) is 45.2 Å². The van der Waals surface area contributed by atoms with E-state index < -0.39 is 0 Å². The van der Waals surface area contributed by atoms with E-state index in [1.54, 1.807) is 0 Å². The number of nitrogens with zero attached hydrogens (tertiary/aromatic N) is 2. The Kier molecular flexibility index (Phi) is 6.11. The number of hydrogen-bond acceptors (Lipinski definition) is 4. The predicted molar refractivity (Wildman–Crippen MR) is 91.6 cm³/mol. The maximum absolute atomic E-state index is 12.3. The van der Waals surface area contributed by atoms with E-state index in [4.69, 9.17) is 4.74 Å². The van der Waals surface area contributed by atoms with E-state index in [1.807, 2.05) is 4.90 Å². The van der Waals surface area contributed by atoms with E-state index in [2.05, 4.69) is 10.2 Å². The molecule has 3 fully saturated rings. The summed E-state index contributed by atoms with van der Waals surface area (Å²) in [6.45, 7) is 5.92. The Morgan fingerprint density at radius 1 is 1.08 bits per heavy atom. The van der Waals surface area contributed by atoms with Gasteiger partial charge in [0.2, 0.25) is 11.8 Å². The maximum atomic E-state index is 12.3. The summed E-state index contributed by atoms with van der Waals surface area (Å²) in [5, 5.41) is 3.16. The number of nitrogens with one attached hydrogen (secondary N) is 1. The minimum Gasteiger partial charge on any atom is -0.381 e. The zero-order valence-corrected chi connectivity index (χ0v) is 14.7. The van der Waals surface area contributed by atoms with E-state index >= 15 is 0 Å². The van der Waals surface area contributed by atoms with Crippen molar-refractivity contribution in [2.24, 2.45) is 0 Å². The molecule has 0 saturated carbocycles. The van der Waals surface area contributed by atoms with Crippen LogP contribution in [0.4, 0.5) is 0 Å². The molecule has 6 nitrogen and oxygen atoms in total. The lowest BCUT2D eigenvalue weighted by atomic mass is 9.86. The highest BCUT2D eigenvalue weighted by Crippen LogP contribution is 2.30. The molecular weight excluding hydrogens is 306 g/mol. The highest BCUT2D eigenvalue weighted by Gasteiger charge is 2.39. The van der Waals surface area contributed by atoms with Gasteiger partial charge in [0.15, 0.2) is 0 Å². The Labute approximate surface area is 144 Å². The summed E-state index contributed by atoms with van der Waals surface area (Å²) >= 11 is 0. The van der Waals surface area contributed by atoms with Crippen LogP contribution in [0.3, 0.4) is 0 Å². The third-order valence-electron chi connectivity index (χ3n) is 5.85. The SMILES string of the molecule is O=C(CCN1CCCC1=O)NCC1(N2CCCCC2)CCOCC1. The molecule has 0 atom stereocenters. The van der Waals surface area contributed by atoms with Crippen molar-refractivity contribution in [3.05, 3.63) is 0 Å². The van der Waals surface area contributed by atoms with E-state index in [-0.39, 0.29) is 17.4 Å². The van der Waals surface area contributed by atoms with E-state index in [0.29, 0.717) is 25.9 Å². The zero-order chi connectivity index (χ0) is 16.8. The molecule has 0 aromatic heterocycles. The molecule has 136 valence electrons. The smallest absolute Gasteiger partial charge is 0.222 e. The van der Waals surface area contributed by atoms with E-state index in [9.17, 15) is 9.59 Å². The fourth-order valence-corrected chi connectivity index (χ4v) is 4.25. The number of carbonyl (C=O) groups excluding carboxylic acids is 2. The van der Waals surface area contributed by atoms with Crippen molar-refractivity contribution in [1.29, 1.82) is 0 Å². The Morgan fingerprint density at radius 3 is 2.50 bits per heavy atom. The van der Waals surface area contributed by atoms with Crippen molar-refractivity contribution in [2.45, 2.75) is 56.9 Å². The Balaban J connectivity index is 1.49. The summed E-state index contributed by atoms with van der Waals surface area (Å²) in [6.07, 6.45) is 7.81. The monoisotopic (exact) mass is 337 g/mol. The van der Waals surface area contributed by atoms with Crippen LogP contribution in [0.5, 0.6) is 0 Å². The minimum atomic E-state index is 0.0672. The van der Waals surface area contributed by atoms with Crippen LogP contribution in [0.25, 0.3) is 0 Å². The van der Waals surface area contributed by atoms with Crippen molar-refractivity contribution in [3.8, 4) is 0 Å². The predicted octanol–water partition coefficient (Wildman–Crippen LogP) is 1.15. The molecule has 0 spiro atoms. The van der Waals surface area contributed by atoms with Gasteiger partial charge in [0.25, 0.3) is 0 Å². The summed E-state index contributed by atoms with van der Waals surface area (Å²) in [7, 11) is 0. The van der Waals surface area contributed by atoms with Crippen LogP contribution in [-0.2, 0) is 14.3 Å². The zero-order valence-electron chi connectivity index (χ0n) is 14.7. The molecule has 2 amide bonds. The van der Waals surface area contributed by atoms with Gasteiger partial charge in [-0.2, -0.15) is 0 Å². The molecule has 3 aliphatic rings. The van der Waals surface area contributed by atoms with Gasteiger partial charge >= 0.3 is 0 Å². The average molecular weight is 337 g/mol. The van der Waals surface area contributed by atoms with Gasteiger partial charge < -0.3 is 15.0 Å². The van der Waals surface area contributed by atoms with Crippen LogP contribution < -0.4 is 5.32 Å². The number of amides is 2. The summed E-state index contributed by atoms with van der Waals surface area (Å²) < 4.78 is 5.57. The number of hydrogen-bond donors (Lipinski definition) is 1. The van der Waals surface area contributed by atoms with Crippen LogP contribution in [0.1, 0.15) is 51.4 Å². The number of rotatable bonds is 6. The summed E-state index contributed by atoms with van der Waals surface area (Å²) in [6, 6.07) is 0. The molecule has 1 N–H and O–H groups in total. The second kappa shape index (κ2) is 8.30. The molecule has 0 bridgehead atoms. The lowest BCUT2D eigenvalue weighted by Gasteiger charge is -2.48. The van der Waals surface area contributed by atoms with Crippen molar-refractivity contribution in [3.63, 3.8) is 0 Å². The minimum absolute atomic E-state index is 0.0672. The molecule has 3 heterocycles. The van der Waals surface area contributed by atoms with Crippen molar-refractivity contribution in [2.75, 3.05) is 45.9 Å². The molecule has 3 rings (SSSR count). The topological polar surface area (TPSA) is 61.9 Å². The quantitative estimate of drug-likeness (QED) is 0.790. The first kappa shape index (κ1) is 17.7. The highest BCUT2D eigenvalue weighted by molar-refractivity contribution is 5.80. The van der Waals surface area contributed by atoms with Gasteiger partial charge in [-0.15, -0.1) is 0 Å². The number of ether oxygens (including phenoxy) is 1. The third kappa shape index (κ3) is 4.28. The lowest BCUT2D eigenvalue weighted by molar-refractivity contribution is -0.128. The van der Waals surface area contributed by atoms with Crippen LogP contribution in [0, 0.1) is 0 Å². The molecule has 3 saturated heterocycles. The van der Waals surface area contributed by atoms with Crippen molar-refractivity contribution in [1.82, 2.24) is 15.1 Å². The van der Waals surface area contributed by atoms with Crippen molar-refractivity contribution < 1.29 is 14.3 Å². The van der Waals surface area contributed by atoms with Crippen LogP contribution in [-0.4, -0.2) is 73.1 Å². The molecule has 0 unspecified atom stereocenters. The fourth-order valence-electron chi connectivity index (χ4n) is 4.25. The first-order valence-electron chi connectivity index (χ1n) is 9.57. The lowest BCUT2D eigenvalue weighted by Crippen LogP contribution is -2.59. The highest BCUT2D eigenvalue weighted by atomic mass is 16.5. The summed E-state index contributed by atoms with van der Waals surface area (Å²) in [4.78, 5) is 28.3. The van der Waals surface area contributed by atoms with Gasteiger partial charge in [-0.25, -0.2) is 0 Å². The van der Waals surface area contributed by atoms with Crippen LogP contribution in [0.2, 0.25) is 0 Å². The van der Waals surface area contributed by atoms with Crippen LogP contribution >= 0.6 is 0 Å². The normalized spacial score (nSPS) is 25.0. The third-order valence-corrected chi connectivity index (χ3v) is 5.85. The fraction of sp³-hybridized carbons (Fsp3) is 0.889. The van der Waals surface area contributed by atoms with E-state index in [0.717, 1.165) is 52.1 Å². The van der Waals surface area contributed by atoms with Crippen molar-refractivity contribution >= 4 is 11.8 Å². The van der Waals surface area contributed by atoms with Crippen LogP contribution in [0.15, 0.2) is 0 Å². The maximum Gasteiger partial charge on any atom is 0.222 e. The Morgan fingerprint density at radius 2 is 1.83 bits per heavy atom. The number of carbonyl (C=O) groups is 2. The summed E-state index contributed by atoms with van der Waals surface area (Å²) in [5.74, 6) is 0.259. The van der Waals surface area contributed by atoms with E-state index in [1.165, 1.54) is 19.3 Å². The molecular formula is C18H31N3O3. The van der Waals surface area contributed by atoms with Gasteiger partial charge in [0.1, 0.15) is 0 Å². The van der Waals surface area contributed by atoms with Gasteiger partial charge in [0.05, 0.1) is 0 Å². The molecule has 0 aromatic rings. The standard InChI is InChI=1S/C18H31N3O3/c22-16(6-12-20-9-4-5-17(20)23)19-15-18(7-13-24-14-8-18)21-10-2-1-3-11-21/h1-15H2,(H,19,22). The second-order valence-electron chi connectivity index (χ2n) is 7.40. The molecule has 0 aromatic carbocycles. The molecule has 6 heteroatoms. The number of piperidine rings is 1. The second-order valence-corrected chi connectivity index (χ2v) is 7.40. The number of likely N-dealkylation sites (tertiary alicyclic amines) is 2. The molecule has 3 aliphatic heterocycles. The van der Waals surface area contributed by atoms with Gasteiger partial charge in [0, 0.05) is 51.2 Å². The Bertz CT molecular complexity index is 443. The Hall–Kier alpha value is -1.14. The largest absolute Gasteiger partial charge is 0.381 e. The molecule has 24 heavy (non-hydrogen) atoms. The first-order chi connectivity index (χ1) is 11.7. The summed E-state index contributed by atoms with van der Waals surface area (Å²) in [5.41, 5.74) is 0.0673.